The molecule has 1 spiro atoms. The molecule has 16 rings (SSSR count). The minimum Gasteiger partial charge on any atom is -0.456 e. The first-order chi connectivity index (χ1) is 34.7. The third-order valence-electron chi connectivity index (χ3n) is 15.7. The van der Waals surface area contributed by atoms with Gasteiger partial charge in [-0.3, -0.25) is 0 Å². The number of benzene rings is 12. The molecular formula is C67H39NO2. The number of para-hydroxylation sites is 2. The molecule has 0 saturated heterocycles. The monoisotopic (exact) mass is 889 g/mol. The fraction of sp³-hybridized carbons (Fsp3) is 0.0149. The van der Waals surface area contributed by atoms with Crippen molar-refractivity contribution in [1.29, 1.82) is 0 Å². The van der Waals surface area contributed by atoms with E-state index in [1.165, 1.54) is 76.8 Å². The molecule has 2 heterocycles. The van der Waals surface area contributed by atoms with E-state index in [1.54, 1.807) is 0 Å². The van der Waals surface area contributed by atoms with Gasteiger partial charge in [0, 0.05) is 32.9 Å². The van der Waals surface area contributed by atoms with Crippen molar-refractivity contribution < 1.29 is 8.83 Å². The highest BCUT2D eigenvalue weighted by atomic mass is 16.3. The first-order valence-electron chi connectivity index (χ1n) is 24.2. The van der Waals surface area contributed by atoms with Gasteiger partial charge >= 0.3 is 0 Å². The maximum Gasteiger partial charge on any atom is 0.160 e. The summed E-state index contributed by atoms with van der Waals surface area (Å²) in [5.41, 5.74) is 18.5. The van der Waals surface area contributed by atoms with E-state index in [0.717, 1.165) is 72.1 Å². The van der Waals surface area contributed by atoms with Crippen LogP contribution in [-0.4, -0.2) is 0 Å². The Morgan fingerprint density at radius 3 is 1.46 bits per heavy atom. The minimum atomic E-state index is -0.491. The molecule has 0 amide bonds. The van der Waals surface area contributed by atoms with Gasteiger partial charge in [0.15, 0.2) is 5.58 Å². The van der Waals surface area contributed by atoms with Crippen molar-refractivity contribution in [3.05, 3.63) is 259 Å². The molecule has 0 atom stereocenters. The molecule has 0 unspecified atom stereocenters. The Balaban J connectivity index is 1.00. The van der Waals surface area contributed by atoms with Crippen molar-refractivity contribution in [1.82, 2.24) is 0 Å². The van der Waals surface area contributed by atoms with Gasteiger partial charge in [-0.05, 0) is 143 Å². The van der Waals surface area contributed by atoms with Gasteiger partial charge in [-0.2, -0.15) is 0 Å². The summed E-state index contributed by atoms with van der Waals surface area (Å²) in [7, 11) is 0. The van der Waals surface area contributed by atoms with Gasteiger partial charge in [0.1, 0.15) is 16.7 Å². The summed E-state index contributed by atoms with van der Waals surface area (Å²) < 4.78 is 14.0. The summed E-state index contributed by atoms with van der Waals surface area (Å²) in [6.45, 7) is 0. The number of anilines is 3. The van der Waals surface area contributed by atoms with Crippen LogP contribution in [0.3, 0.4) is 0 Å². The van der Waals surface area contributed by atoms with Crippen LogP contribution in [0.4, 0.5) is 17.1 Å². The van der Waals surface area contributed by atoms with Crippen LogP contribution in [0.2, 0.25) is 0 Å². The SMILES string of the molecule is c1ccc(N(c2ccc3c(c2)C2(c4ccccc4-c4ccccc42)c2ccccc2-3)c2ccc(-c3ccc4c5ccccc5c5ccccc5c4c3)c3c2oc2ccc4oc5ccccc5c4c23)cc1. The van der Waals surface area contributed by atoms with Crippen molar-refractivity contribution in [3.8, 4) is 33.4 Å². The fourth-order valence-corrected chi connectivity index (χ4v) is 12.9. The Morgan fingerprint density at radius 1 is 0.286 bits per heavy atom. The zero-order valence-electron chi connectivity index (χ0n) is 37.8. The molecule has 0 N–H and O–H groups in total. The maximum absolute atomic E-state index is 7.36. The normalized spacial score (nSPS) is 13.3. The Morgan fingerprint density at radius 2 is 0.800 bits per heavy atom. The number of rotatable bonds is 4. The van der Waals surface area contributed by atoms with Crippen LogP contribution in [0.15, 0.2) is 245 Å². The molecule has 0 saturated carbocycles. The van der Waals surface area contributed by atoms with Gasteiger partial charge in [0.2, 0.25) is 0 Å². The van der Waals surface area contributed by atoms with Gasteiger partial charge in [-0.1, -0.05) is 182 Å². The molecule has 2 aliphatic rings. The van der Waals surface area contributed by atoms with Gasteiger partial charge in [-0.25, -0.2) is 0 Å². The quantitative estimate of drug-likeness (QED) is 0.165. The lowest BCUT2D eigenvalue weighted by atomic mass is 9.70. The predicted molar refractivity (Wildman–Crippen MR) is 290 cm³/mol. The zero-order valence-corrected chi connectivity index (χ0v) is 37.8. The average molecular weight is 890 g/mol. The number of fused-ring (bicyclic) bond motifs is 23. The minimum absolute atomic E-state index is 0.491. The van der Waals surface area contributed by atoms with Crippen LogP contribution < -0.4 is 4.90 Å². The van der Waals surface area contributed by atoms with Crippen LogP contribution in [0.5, 0.6) is 0 Å². The molecule has 0 radical (unpaired) electrons. The molecule has 324 valence electrons. The molecule has 0 bridgehead atoms. The summed E-state index contributed by atoms with van der Waals surface area (Å²) >= 11 is 0. The van der Waals surface area contributed by atoms with E-state index in [1.807, 2.05) is 6.07 Å². The Labute approximate surface area is 402 Å². The van der Waals surface area contributed by atoms with E-state index < -0.39 is 5.41 Å². The van der Waals surface area contributed by atoms with Gasteiger partial charge in [0.05, 0.1) is 11.1 Å². The van der Waals surface area contributed by atoms with E-state index in [4.69, 9.17) is 8.83 Å². The lowest BCUT2D eigenvalue weighted by Crippen LogP contribution is -2.26. The molecule has 14 aromatic rings. The van der Waals surface area contributed by atoms with Crippen LogP contribution in [0.25, 0.3) is 110 Å². The second-order valence-corrected chi connectivity index (χ2v) is 19.0. The highest BCUT2D eigenvalue weighted by molar-refractivity contribution is 6.31. The molecule has 3 nitrogen and oxygen atoms in total. The molecule has 70 heavy (non-hydrogen) atoms. The zero-order chi connectivity index (χ0) is 45.7. The van der Waals surface area contributed by atoms with E-state index in [9.17, 15) is 0 Å². The summed E-state index contributed by atoms with van der Waals surface area (Å²) in [4.78, 5) is 2.41. The van der Waals surface area contributed by atoms with Gasteiger partial charge < -0.3 is 13.7 Å². The second kappa shape index (κ2) is 13.9. The highest BCUT2D eigenvalue weighted by Crippen LogP contribution is 2.63. The summed E-state index contributed by atoms with van der Waals surface area (Å²) in [5.74, 6) is 0. The summed E-state index contributed by atoms with van der Waals surface area (Å²) in [6.07, 6.45) is 0. The molecule has 0 fully saturated rings. The van der Waals surface area contributed by atoms with Crippen LogP contribution in [-0.2, 0) is 5.41 Å². The smallest absolute Gasteiger partial charge is 0.160 e. The van der Waals surface area contributed by atoms with Gasteiger partial charge in [0.25, 0.3) is 0 Å². The highest BCUT2D eigenvalue weighted by Gasteiger charge is 2.51. The molecule has 2 aliphatic carbocycles. The maximum atomic E-state index is 7.36. The Kier molecular flexibility index (Phi) is 7.54. The van der Waals surface area contributed by atoms with Crippen molar-refractivity contribution in [2.24, 2.45) is 0 Å². The van der Waals surface area contributed by atoms with Gasteiger partial charge in [-0.15, -0.1) is 0 Å². The van der Waals surface area contributed by atoms with E-state index in [0.29, 0.717) is 0 Å². The van der Waals surface area contributed by atoms with E-state index in [-0.39, 0.29) is 0 Å². The predicted octanol–water partition coefficient (Wildman–Crippen LogP) is 18.4. The molecule has 2 aromatic heterocycles. The third-order valence-corrected chi connectivity index (χ3v) is 15.7. The molecule has 0 aliphatic heterocycles. The second-order valence-electron chi connectivity index (χ2n) is 19.0. The lowest BCUT2D eigenvalue weighted by Gasteiger charge is -2.32. The number of nitrogens with zero attached hydrogens (tertiary/aromatic N) is 1. The first-order valence-corrected chi connectivity index (χ1v) is 24.2. The topological polar surface area (TPSA) is 29.5 Å². The fourth-order valence-electron chi connectivity index (χ4n) is 12.9. The van der Waals surface area contributed by atoms with Crippen LogP contribution in [0, 0.1) is 0 Å². The summed E-state index contributed by atoms with van der Waals surface area (Å²) in [6, 6.07) is 86.7. The molecule has 3 heteroatoms. The third kappa shape index (κ3) is 4.88. The number of hydrogen-bond donors (Lipinski definition) is 0. The van der Waals surface area contributed by atoms with Crippen molar-refractivity contribution >= 4 is 93.3 Å². The summed E-state index contributed by atoms with van der Waals surface area (Å²) in [5, 5.41) is 11.7. The first kappa shape index (κ1) is 37.9. The largest absolute Gasteiger partial charge is 0.456 e. The molecular weight excluding hydrogens is 851 g/mol. The number of furan rings is 2. The molecule has 12 aromatic carbocycles. The van der Waals surface area contributed by atoms with Crippen LogP contribution in [0.1, 0.15) is 22.3 Å². The van der Waals surface area contributed by atoms with Crippen molar-refractivity contribution in [2.45, 2.75) is 5.41 Å². The van der Waals surface area contributed by atoms with Crippen LogP contribution >= 0.6 is 0 Å². The van der Waals surface area contributed by atoms with Crippen molar-refractivity contribution in [3.63, 3.8) is 0 Å². The number of hydrogen-bond acceptors (Lipinski definition) is 3. The standard InChI is InChI=1S/C67H39NO2/c1-2-16-41(17-3-1)68(42-31-33-52-51-24-10-14-28-57(51)67(58(52)39-42)55-26-12-8-22-49(55)50-23-9-13-27-56(50)67)59-35-34-43(64-65-62(70-66(59)64)37-36-61-63(65)53-25-11-15-29-60(53)69-61)40-30-32-48-46-20-5-4-18-44(46)45-19-6-7-21-47(45)54(48)38-40/h1-39H. The lowest BCUT2D eigenvalue weighted by molar-refractivity contribution is 0.663. The van der Waals surface area contributed by atoms with Crippen molar-refractivity contribution in [2.75, 3.05) is 4.90 Å². The van der Waals surface area contributed by atoms with E-state index in [2.05, 4.69) is 235 Å². The average Bonchev–Trinajstić information content (AvgIpc) is 4.17. The van der Waals surface area contributed by atoms with E-state index >= 15 is 0 Å². The Hall–Kier alpha value is -9.18. The Bertz CT molecular complexity index is 4460.